The zero-order chi connectivity index (χ0) is 36.1. The van der Waals surface area contributed by atoms with E-state index in [2.05, 4.69) is 57.0 Å². The molecule has 0 radical (unpaired) electrons. The van der Waals surface area contributed by atoms with Gasteiger partial charge in [-0.3, -0.25) is 4.79 Å². The lowest BCUT2D eigenvalue weighted by molar-refractivity contribution is -0.139. The number of fused-ring (bicyclic) bond motifs is 6. The Balaban J connectivity index is 1.07. The normalized spacial score (nSPS) is 22.2. The summed E-state index contributed by atoms with van der Waals surface area (Å²) < 4.78 is 22.0. The number of benzene rings is 3. The van der Waals surface area contributed by atoms with E-state index in [1.165, 1.54) is 14.2 Å². The van der Waals surface area contributed by atoms with Crippen molar-refractivity contribution in [3.05, 3.63) is 65.9 Å². The first-order chi connectivity index (χ1) is 25.3. The monoisotopic (exact) mass is 707 g/mol. The second-order valence-corrected chi connectivity index (χ2v) is 14.3. The molecule has 52 heavy (non-hydrogen) atoms. The summed E-state index contributed by atoms with van der Waals surface area (Å²) in [6.45, 7) is 5.91. The molecule has 3 aliphatic rings. The Morgan fingerprint density at radius 1 is 1.06 bits per heavy atom. The topological polar surface area (TPSA) is 156 Å². The van der Waals surface area contributed by atoms with Crippen LogP contribution in [0.5, 0.6) is 5.75 Å². The summed E-state index contributed by atoms with van der Waals surface area (Å²) in [4.78, 5) is 44.8. The minimum absolute atomic E-state index is 0.0528. The first-order valence-corrected chi connectivity index (χ1v) is 18.0. The van der Waals surface area contributed by atoms with E-state index >= 15 is 0 Å². The van der Waals surface area contributed by atoms with Crippen LogP contribution in [0.4, 0.5) is 4.79 Å². The van der Waals surface area contributed by atoms with E-state index in [1.54, 1.807) is 14.0 Å². The third kappa shape index (κ3) is 6.06. The van der Waals surface area contributed by atoms with Crippen molar-refractivity contribution in [3.8, 4) is 28.1 Å². The number of carbonyl (C=O) groups excluding carboxylic acids is 2. The largest absolute Gasteiger partial charge is 0.488 e. The van der Waals surface area contributed by atoms with Crippen LogP contribution >= 0.6 is 0 Å². The Morgan fingerprint density at radius 3 is 2.73 bits per heavy atom. The minimum atomic E-state index is -0.908. The zero-order valence-corrected chi connectivity index (χ0v) is 30.1. The number of aromatic nitrogens is 4. The number of nitrogens with zero attached hydrogens (tertiary/aromatic N) is 3. The van der Waals surface area contributed by atoms with E-state index in [0.29, 0.717) is 18.3 Å². The van der Waals surface area contributed by atoms with Crippen molar-refractivity contribution in [1.29, 1.82) is 0 Å². The van der Waals surface area contributed by atoms with Crippen molar-refractivity contribution in [2.45, 2.75) is 70.0 Å². The molecule has 2 amide bonds. The predicted octanol–water partition coefficient (Wildman–Crippen LogP) is 5.77. The van der Waals surface area contributed by atoms with Gasteiger partial charge in [-0.25, -0.2) is 14.8 Å². The number of methoxy groups -OCH3 is 3. The third-order valence-electron chi connectivity index (χ3n) is 11.0. The smallest absolute Gasteiger partial charge is 0.407 e. The van der Waals surface area contributed by atoms with E-state index in [4.69, 9.17) is 28.9 Å². The van der Waals surface area contributed by atoms with Crippen molar-refractivity contribution in [2.75, 3.05) is 34.5 Å². The molecular formula is C39H45N7O6. The molecule has 2 fully saturated rings. The van der Waals surface area contributed by atoms with Crippen LogP contribution in [0, 0.1) is 5.92 Å². The van der Waals surface area contributed by atoms with Gasteiger partial charge in [0.25, 0.3) is 0 Å². The van der Waals surface area contributed by atoms with E-state index in [0.717, 1.165) is 93.7 Å². The van der Waals surface area contributed by atoms with Gasteiger partial charge in [-0.05, 0) is 85.4 Å². The average molecular weight is 708 g/mol. The molecule has 3 aromatic carbocycles. The summed E-state index contributed by atoms with van der Waals surface area (Å²) in [5.41, 5.74) is 7.06. The Bertz CT molecular complexity index is 2140. The number of carbonyl (C=O) groups is 2. The SMILES string of the molecule is COC[C@@H]1CN[C@H](c2ncc(-c3ccc4c(c3)COc3cc5c(ccc6nc(C7CC[C@H](C)N7C(=O)[C@@H](NC(=O)OC)[C@@H](C)OC)[nH]c65)cc3-4)[nH]2)C1. The molecule has 3 aliphatic heterocycles. The maximum absolute atomic E-state index is 14.0. The summed E-state index contributed by atoms with van der Waals surface area (Å²) in [6, 6.07) is 13.8. The van der Waals surface area contributed by atoms with E-state index in [9.17, 15) is 9.59 Å². The first-order valence-electron chi connectivity index (χ1n) is 18.0. The third-order valence-corrected chi connectivity index (χ3v) is 11.0. The molecule has 2 aromatic heterocycles. The molecule has 0 spiro atoms. The summed E-state index contributed by atoms with van der Waals surface area (Å²) in [7, 11) is 4.54. The molecule has 5 aromatic rings. The highest BCUT2D eigenvalue weighted by Crippen LogP contribution is 2.43. The fourth-order valence-electron chi connectivity index (χ4n) is 8.16. The molecule has 2 saturated heterocycles. The molecule has 0 aliphatic carbocycles. The number of likely N-dealkylation sites (tertiary alicyclic amines) is 1. The van der Waals surface area contributed by atoms with Crippen molar-refractivity contribution >= 4 is 33.8 Å². The molecule has 0 bridgehead atoms. The van der Waals surface area contributed by atoms with Crippen LogP contribution in [0.2, 0.25) is 0 Å². The number of ether oxygens (including phenoxy) is 4. The summed E-state index contributed by atoms with van der Waals surface area (Å²) in [5.74, 6) is 2.73. The predicted molar refractivity (Wildman–Crippen MR) is 196 cm³/mol. The summed E-state index contributed by atoms with van der Waals surface area (Å²) >= 11 is 0. The molecule has 6 atom stereocenters. The Kier molecular flexibility index (Phi) is 9.10. The van der Waals surface area contributed by atoms with Gasteiger partial charge in [-0.2, -0.15) is 0 Å². The molecule has 4 N–H and O–H groups in total. The van der Waals surface area contributed by atoms with Crippen LogP contribution in [-0.4, -0.2) is 89.5 Å². The Labute approximate surface area is 301 Å². The standard InChI is InChI=1S/C39H45N7O6/c1-20-6-11-32(46(20)38(47)34(21(2)50-4)45-39(48)51-5)37-42-29-10-8-23-14-28-26-9-7-24(13-25(26)19-52-33(28)15-27(23)35(29)44-37)31-17-41-36(43-31)30-12-22(16-40-30)18-49-3/h7-10,13-15,17,20-22,30,32,34,40H,6,11-12,16,18-19H2,1-5H3,(H,41,43)(H,42,44)(H,45,48)/t20-,21+,22-,30-,32?,34-/m0/s1. The van der Waals surface area contributed by atoms with Gasteiger partial charge in [0.2, 0.25) is 5.91 Å². The van der Waals surface area contributed by atoms with E-state index in [1.807, 2.05) is 24.1 Å². The Hall–Kier alpha value is -4.98. The van der Waals surface area contributed by atoms with Crippen LogP contribution < -0.4 is 15.4 Å². The number of imidazole rings is 2. The average Bonchev–Trinajstić information content (AvgIpc) is 3.98. The molecule has 272 valence electrons. The quantitative estimate of drug-likeness (QED) is 0.149. The number of rotatable bonds is 9. The second kappa shape index (κ2) is 13.9. The fourth-order valence-corrected chi connectivity index (χ4v) is 8.16. The fraction of sp³-hybridized carbons (Fsp3) is 0.436. The Morgan fingerprint density at radius 2 is 1.92 bits per heavy atom. The molecule has 1 unspecified atom stereocenters. The van der Waals surface area contributed by atoms with E-state index < -0.39 is 18.2 Å². The maximum Gasteiger partial charge on any atom is 0.407 e. The number of aromatic amines is 2. The minimum Gasteiger partial charge on any atom is -0.488 e. The molecule has 0 saturated carbocycles. The molecule has 5 heterocycles. The number of hydrogen-bond acceptors (Lipinski definition) is 9. The van der Waals surface area contributed by atoms with Gasteiger partial charge in [-0.15, -0.1) is 0 Å². The van der Waals surface area contributed by atoms with Gasteiger partial charge < -0.3 is 44.4 Å². The van der Waals surface area contributed by atoms with Gasteiger partial charge in [0.05, 0.1) is 54.8 Å². The van der Waals surface area contributed by atoms with Gasteiger partial charge in [0, 0.05) is 37.8 Å². The molecule has 13 nitrogen and oxygen atoms in total. The lowest BCUT2D eigenvalue weighted by atomic mass is 9.92. The number of nitrogens with one attached hydrogen (secondary N) is 4. The van der Waals surface area contributed by atoms with Crippen LogP contribution in [-0.2, 0) is 25.6 Å². The summed E-state index contributed by atoms with van der Waals surface area (Å²) in [6.07, 6.45) is 3.21. The highest BCUT2D eigenvalue weighted by Gasteiger charge is 2.42. The zero-order valence-electron chi connectivity index (χ0n) is 30.1. The summed E-state index contributed by atoms with van der Waals surface area (Å²) in [5, 5.41) is 8.28. The van der Waals surface area contributed by atoms with E-state index in [-0.39, 0.29) is 24.0 Å². The van der Waals surface area contributed by atoms with Crippen LogP contribution in [0.25, 0.3) is 44.2 Å². The molecular weight excluding hydrogens is 662 g/mol. The van der Waals surface area contributed by atoms with Gasteiger partial charge in [0.1, 0.15) is 30.0 Å². The van der Waals surface area contributed by atoms with Gasteiger partial charge >= 0.3 is 6.09 Å². The second-order valence-electron chi connectivity index (χ2n) is 14.3. The van der Waals surface area contributed by atoms with Crippen LogP contribution in [0.15, 0.2) is 48.7 Å². The number of H-pyrrole nitrogens is 2. The number of amides is 2. The first kappa shape index (κ1) is 34.1. The van der Waals surface area contributed by atoms with Crippen molar-refractivity contribution in [2.24, 2.45) is 5.92 Å². The number of alkyl carbamates (subject to hydrolysis) is 1. The highest BCUT2D eigenvalue weighted by atomic mass is 16.5. The highest BCUT2D eigenvalue weighted by molar-refractivity contribution is 6.07. The lowest BCUT2D eigenvalue weighted by Gasteiger charge is -2.33. The number of hydrogen-bond donors (Lipinski definition) is 4. The molecule has 8 rings (SSSR count). The van der Waals surface area contributed by atoms with Crippen molar-refractivity contribution < 1.29 is 28.5 Å². The van der Waals surface area contributed by atoms with Gasteiger partial charge in [-0.1, -0.05) is 18.2 Å². The molecule has 13 heteroatoms. The van der Waals surface area contributed by atoms with Gasteiger partial charge in [0.15, 0.2) is 0 Å². The maximum atomic E-state index is 14.0. The van der Waals surface area contributed by atoms with Crippen molar-refractivity contribution in [3.63, 3.8) is 0 Å². The van der Waals surface area contributed by atoms with Crippen molar-refractivity contribution in [1.82, 2.24) is 35.5 Å². The van der Waals surface area contributed by atoms with Crippen LogP contribution in [0.1, 0.15) is 62.4 Å². The lowest BCUT2D eigenvalue weighted by Crippen LogP contribution is -2.55. The van der Waals surface area contributed by atoms with Crippen LogP contribution in [0.3, 0.4) is 0 Å².